The van der Waals surface area contributed by atoms with E-state index in [1.807, 2.05) is 63.2 Å². The molecule has 0 saturated heterocycles. The second-order valence-electron chi connectivity index (χ2n) is 13.9. The molecule has 0 saturated carbocycles. The van der Waals surface area contributed by atoms with E-state index < -0.39 is 5.91 Å². The van der Waals surface area contributed by atoms with E-state index in [9.17, 15) is 19.5 Å². The van der Waals surface area contributed by atoms with Crippen LogP contribution in [0.5, 0.6) is 0 Å². The molecule has 45 heavy (non-hydrogen) atoms. The van der Waals surface area contributed by atoms with Gasteiger partial charge in [-0.15, -0.1) is 0 Å². The number of Topliss-reactive ketones (excluding diaryl/α,β-unsaturated/α-hetero) is 1. The number of amides is 2. The van der Waals surface area contributed by atoms with Gasteiger partial charge in [-0.25, -0.2) is 4.68 Å². The number of primary amides is 1. The number of aliphatic hydroxyl groups excluding tert-OH is 1. The number of nitrogens with zero attached hydrogens (tertiary/aromatic N) is 2. The van der Waals surface area contributed by atoms with E-state index in [4.69, 9.17) is 5.73 Å². The monoisotopic (exact) mass is 645 g/mol. The number of fused-ring (bicyclic) bond motifs is 1. The summed E-state index contributed by atoms with van der Waals surface area (Å²) in [5, 5.41) is 20.1. The maximum atomic E-state index is 12.7. The Morgan fingerprint density at radius 1 is 1.13 bits per heavy atom. The van der Waals surface area contributed by atoms with Gasteiger partial charge in [0.2, 0.25) is 5.91 Å². The highest BCUT2D eigenvalue weighted by Crippen LogP contribution is 2.37. The number of ketones is 1. The molecule has 0 fully saturated rings. The van der Waals surface area contributed by atoms with Crippen LogP contribution in [0.25, 0.3) is 5.69 Å². The Morgan fingerprint density at radius 3 is 2.33 bits per heavy atom. The van der Waals surface area contributed by atoms with Crippen molar-refractivity contribution in [2.24, 2.45) is 16.6 Å². The number of hydrogen-bond donors (Lipinski definition) is 4. The normalized spacial score (nSPS) is 13.9. The molecule has 1 aromatic heterocycles. The quantitative estimate of drug-likeness (QED) is 0.201. The molecule has 0 bridgehead atoms. The first-order valence-corrected chi connectivity index (χ1v) is 17.2. The van der Waals surface area contributed by atoms with Crippen molar-refractivity contribution in [3.05, 3.63) is 40.7 Å². The molecule has 3 rings (SSSR count). The molecule has 1 aromatic carbocycles. The van der Waals surface area contributed by atoms with Crippen molar-refractivity contribution < 1.29 is 19.5 Å². The third-order valence-corrected chi connectivity index (χ3v) is 8.49. The fourth-order valence-corrected chi connectivity index (χ4v) is 5.81. The average molecular weight is 646 g/mol. The zero-order valence-corrected chi connectivity index (χ0v) is 30.5. The first-order chi connectivity index (χ1) is 20.9. The van der Waals surface area contributed by atoms with Gasteiger partial charge in [-0.1, -0.05) is 69.2 Å². The SMILES string of the molecule is CC.CCCNC(=O)CCSC(C)(C)C.Cc1nn(-c2ccc(C(N)=O)c(NCC(C)(C)CCO)c2)c2c1C(=O)CC(C)(C)C2. The molecule has 254 valence electrons. The fourth-order valence-electron chi connectivity index (χ4n) is 4.91. The molecular weight excluding hydrogens is 586 g/mol. The van der Waals surface area contributed by atoms with E-state index in [1.165, 1.54) is 0 Å². The standard InChI is InChI=1S/C23H32N4O3.C10H21NOS.C2H6/c1-14-20-18(11-23(4,5)12-19(20)29)27(26-14)15-6-7-16(21(24)30)17(10-15)25-13-22(2,3)8-9-28;1-5-7-11-9(12)6-8-13-10(2,3)4;1-2/h6-7,10,25,28H,8-9,11-13H2,1-5H3,(H2,24,30);5-8H2,1-4H3,(H,11,12);1-2H3. The first kappa shape index (κ1) is 40.2. The predicted octanol–water partition coefficient (Wildman–Crippen LogP) is 6.72. The minimum absolute atomic E-state index is 0.0971. The van der Waals surface area contributed by atoms with Crippen LogP contribution in [0.15, 0.2) is 18.2 Å². The van der Waals surface area contributed by atoms with Gasteiger partial charge in [0, 0.05) is 48.7 Å². The lowest BCUT2D eigenvalue weighted by Gasteiger charge is -2.29. The lowest BCUT2D eigenvalue weighted by Crippen LogP contribution is -2.28. The summed E-state index contributed by atoms with van der Waals surface area (Å²) in [6.07, 6.45) is 3.55. The molecule has 0 aliphatic heterocycles. The average Bonchev–Trinajstić information content (AvgIpc) is 3.26. The summed E-state index contributed by atoms with van der Waals surface area (Å²) in [5.41, 5.74) is 9.44. The highest BCUT2D eigenvalue weighted by Gasteiger charge is 2.36. The number of hydrogen-bond acceptors (Lipinski definition) is 7. The van der Waals surface area contributed by atoms with E-state index in [0.29, 0.717) is 42.6 Å². The molecule has 0 spiro atoms. The predicted molar refractivity (Wildman–Crippen MR) is 189 cm³/mol. The van der Waals surface area contributed by atoms with Crippen LogP contribution in [0.2, 0.25) is 0 Å². The molecule has 2 amide bonds. The Kier molecular flexibility index (Phi) is 15.8. The second-order valence-corrected chi connectivity index (χ2v) is 15.8. The van der Waals surface area contributed by atoms with Gasteiger partial charge in [0.15, 0.2) is 5.78 Å². The zero-order valence-electron chi connectivity index (χ0n) is 29.6. The number of nitrogens with one attached hydrogen (secondary N) is 2. The van der Waals surface area contributed by atoms with Crippen molar-refractivity contribution in [2.75, 3.05) is 30.8 Å². The molecule has 1 aliphatic carbocycles. The minimum atomic E-state index is -0.515. The number of benzene rings is 1. The number of nitrogens with two attached hydrogens (primary N) is 1. The van der Waals surface area contributed by atoms with E-state index in [2.05, 4.69) is 57.3 Å². The summed E-state index contributed by atoms with van der Waals surface area (Å²) >= 11 is 1.83. The summed E-state index contributed by atoms with van der Waals surface area (Å²) in [6.45, 7) is 24.2. The number of anilines is 1. The summed E-state index contributed by atoms with van der Waals surface area (Å²) < 4.78 is 2.09. The molecule has 1 heterocycles. The Balaban J connectivity index is 0.000000570. The van der Waals surface area contributed by atoms with Gasteiger partial charge in [0.05, 0.1) is 28.2 Å². The van der Waals surface area contributed by atoms with E-state index in [0.717, 1.165) is 42.2 Å². The molecule has 0 unspecified atom stereocenters. The van der Waals surface area contributed by atoms with Crippen molar-refractivity contribution in [3.8, 4) is 5.69 Å². The van der Waals surface area contributed by atoms with Crippen LogP contribution in [-0.4, -0.2) is 62.7 Å². The van der Waals surface area contributed by atoms with E-state index in [1.54, 1.807) is 6.07 Å². The second kappa shape index (κ2) is 17.7. The minimum Gasteiger partial charge on any atom is -0.396 e. The van der Waals surface area contributed by atoms with Crippen LogP contribution in [0.3, 0.4) is 0 Å². The molecule has 0 radical (unpaired) electrons. The molecule has 9 nitrogen and oxygen atoms in total. The van der Waals surface area contributed by atoms with Crippen LogP contribution in [0.4, 0.5) is 5.69 Å². The van der Waals surface area contributed by atoms with Gasteiger partial charge >= 0.3 is 0 Å². The Hall–Kier alpha value is -2.85. The summed E-state index contributed by atoms with van der Waals surface area (Å²) in [6, 6.07) is 5.36. The molecular formula is C35H59N5O4S. The third-order valence-electron chi connectivity index (χ3n) is 7.22. The molecule has 5 N–H and O–H groups in total. The van der Waals surface area contributed by atoms with E-state index >= 15 is 0 Å². The molecule has 1 aliphatic rings. The topological polar surface area (TPSA) is 139 Å². The summed E-state index contributed by atoms with van der Waals surface area (Å²) in [4.78, 5) is 35.8. The van der Waals surface area contributed by atoms with Gasteiger partial charge in [-0.05, 0) is 55.2 Å². The lowest BCUT2D eigenvalue weighted by molar-refractivity contribution is -0.120. The van der Waals surface area contributed by atoms with Crippen LogP contribution in [0, 0.1) is 17.8 Å². The van der Waals surface area contributed by atoms with Crippen molar-refractivity contribution in [2.45, 2.75) is 113 Å². The maximum absolute atomic E-state index is 12.7. The van der Waals surface area contributed by atoms with Crippen molar-refractivity contribution >= 4 is 35.0 Å². The van der Waals surface area contributed by atoms with Gasteiger partial charge in [-0.3, -0.25) is 14.4 Å². The summed E-state index contributed by atoms with van der Waals surface area (Å²) in [7, 11) is 0. The number of aromatic nitrogens is 2. The zero-order chi connectivity index (χ0) is 34.6. The number of carbonyl (C=O) groups is 3. The van der Waals surface area contributed by atoms with Crippen LogP contribution in [0.1, 0.15) is 127 Å². The smallest absolute Gasteiger partial charge is 0.250 e. The number of thioether (sulfide) groups is 1. The largest absolute Gasteiger partial charge is 0.396 e. The van der Waals surface area contributed by atoms with Crippen LogP contribution in [-0.2, 0) is 11.2 Å². The highest BCUT2D eigenvalue weighted by atomic mass is 32.2. The molecule has 10 heteroatoms. The highest BCUT2D eigenvalue weighted by molar-refractivity contribution is 8.00. The van der Waals surface area contributed by atoms with Crippen LogP contribution < -0.4 is 16.4 Å². The fraction of sp³-hybridized carbons (Fsp3) is 0.657. The van der Waals surface area contributed by atoms with Gasteiger partial charge in [-0.2, -0.15) is 16.9 Å². The van der Waals surface area contributed by atoms with Crippen LogP contribution >= 0.6 is 11.8 Å². The van der Waals surface area contributed by atoms with Crippen molar-refractivity contribution in [1.29, 1.82) is 0 Å². The number of rotatable bonds is 12. The Labute approximate surface area is 275 Å². The van der Waals surface area contributed by atoms with E-state index in [-0.39, 0.29) is 33.9 Å². The maximum Gasteiger partial charge on any atom is 0.250 e. The van der Waals surface area contributed by atoms with Gasteiger partial charge in [0.1, 0.15) is 0 Å². The molecule has 0 atom stereocenters. The Morgan fingerprint density at radius 2 is 1.78 bits per heavy atom. The van der Waals surface area contributed by atoms with Crippen molar-refractivity contribution in [3.63, 3.8) is 0 Å². The number of aliphatic hydroxyl groups is 1. The Bertz CT molecular complexity index is 1280. The molecule has 2 aromatic rings. The summed E-state index contributed by atoms with van der Waals surface area (Å²) in [5.74, 6) is 0.708. The van der Waals surface area contributed by atoms with Gasteiger partial charge in [0.25, 0.3) is 5.91 Å². The first-order valence-electron chi connectivity index (χ1n) is 16.2. The number of aryl methyl sites for hydroxylation is 1. The number of carbonyl (C=O) groups excluding carboxylic acids is 3. The lowest BCUT2D eigenvalue weighted by atomic mass is 9.75. The van der Waals surface area contributed by atoms with Crippen molar-refractivity contribution in [1.82, 2.24) is 15.1 Å². The third kappa shape index (κ3) is 13.2. The van der Waals surface area contributed by atoms with Gasteiger partial charge < -0.3 is 21.5 Å².